The van der Waals surface area contributed by atoms with Crippen LogP contribution in [-0.2, 0) is 32.6 Å². The number of nitrogens with one attached hydrogen (secondary N) is 1. The number of morpholine rings is 1. The molecule has 0 radical (unpaired) electrons. The Bertz CT molecular complexity index is 713. The number of fused-ring (bicyclic) bond motifs is 1. The molecule has 1 atom stereocenters. The number of hydrogen-bond donors (Lipinski definition) is 1. The predicted octanol–water partition coefficient (Wildman–Crippen LogP) is 2.96. The molecule has 5 heteroatoms. The van der Waals surface area contributed by atoms with Crippen LogP contribution in [0.4, 0.5) is 0 Å². The van der Waals surface area contributed by atoms with Gasteiger partial charge in [0.2, 0.25) is 5.91 Å². The van der Waals surface area contributed by atoms with Crippen molar-refractivity contribution in [2.75, 3.05) is 39.5 Å². The van der Waals surface area contributed by atoms with Crippen LogP contribution in [0.15, 0.2) is 12.1 Å². The van der Waals surface area contributed by atoms with Crippen molar-refractivity contribution in [2.45, 2.75) is 58.0 Å². The summed E-state index contributed by atoms with van der Waals surface area (Å²) in [5.74, 6) is 0.449. The highest BCUT2D eigenvalue weighted by molar-refractivity contribution is 5.79. The molecular formula is C23H34N2O3. The van der Waals surface area contributed by atoms with Crippen LogP contribution < -0.4 is 5.32 Å². The third-order valence-corrected chi connectivity index (χ3v) is 6.42. The van der Waals surface area contributed by atoms with Crippen LogP contribution in [0, 0.1) is 5.92 Å². The van der Waals surface area contributed by atoms with Gasteiger partial charge < -0.3 is 19.7 Å². The molecule has 3 heterocycles. The minimum absolute atomic E-state index is 0.0757. The van der Waals surface area contributed by atoms with Gasteiger partial charge in [0.1, 0.15) is 0 Å². The van der Waals surface area contributed by atoms with Gasteiger partial charge in [0.05, 0.1) is 19.3 Å². The molecule has 3 aliphatic heterocycles. The molecule has 28 heavy (non-hydrogen) atoms. The van der Waals surface area contributed by atoms with Crippen molar-refractivity contribution in [1.82, 2.24) is 10.2 Å². The fourth-order valence-electron chi connectivity index (χ4n) is 4.63. The number of benzene rings is 1. The minimum atomic E-state index is 0.0757. The van der Waals surface area contributed by atoms with Gasteiger partial charge in [-0.25, -0.2) is 0 Å². The quantitative estimate of drug-likeness (QED) is 0.849. The van der Waals surface area contributed by atoms with Gasteiger partial charge in [0, 0.05) is 38.8 Å². The van der Waals surface area contributed by atoms with Gasteiger partial charge in [-0.1, -0.05) is 32.9 Å². The first-order chi connectivity index (χ1) is 13.4. The Labute approximate surface area is 168 Å². The van der Waals surface area contributed by atoms with E-state index in [0.717, 1.165) is 52.1 Å². The minimum Gasteiger partial charge on any atom is -0.381 e. The summed E-state index contributed by atoms with van der Waals surface area (Å²) in [6, 6.07) is 4.97. The van der Waals surface area contributed by atoms with Crippen LogP contribution in [0.3, 0.4) is 0 Å². The summed E-state index contributed by atoms with van der Waals surface area (Å²) in [4.78, 5) is 15.2. The zero-order valence-electron chi connectivity index (χ0n) is 17.6. The van der Waals surface area contributed by atoms with Gasteiger partial charge in [-0.3, -0.25) is 4.79 Å². The molecule has 154 valence electrons. The van der Waals surface area contributed by atoms with Gasteiger partial charge in [-0.05, 0) is 46.9 Å². The summed E-state index contributed by atoms with van der Waals surface area (Å²) in [6.07, 6.45) is 2.65. The summed E-state index contributed by atoms with van der Waals surface area (Å²) >= 11 is 0. The average molecular weight is 387 g/mol. The van der Waals surface area contributed by atoms with Crippen LogP contribution in [-0.4, -0.2) is 50.3 Å². The molecule has 2 saturated heterocycles. The van der Waals surface area contributed by atoms with E-state index in [9.17, 15) is 4.79 Å². The second-order valence-corrected chi connectivity index (χ2v) is 9.43. The van der Waals surface area contributed by atoms with Crippen LogP contribution >= 0.6 is 0 Å². The number of nitrogens with zero attached hydrogens (tertiary/aromatic N) is 1. The zero-order valence-corrected chi connectivity index (χ0v) is 17.6. The molecule has 1 amide bonds. The molecular weight excluding hydrogens is 352 g/mol. The molecule has 1 aromatic rings. The zero-order chi connectivity index (χ0) is 19.7. The van der Waals surface area contributed by atoms with Crippen LogP contribution in [0.5, 0.6) is 0 Å². The smallest absolute Gasteiger partial charge is 0.226 e. The Balaban J connectivity index is 1.63. The van der Waals surface area contributed by atoms with Gasteiger partial charge in [-0.2, -0.15) is 0 Å². The summed E-state index contributed by atoms with van der Waals surface area (Å²) in [6.45, 7) is 12.2. The summed E-state index contributed by atoms with van der Waals surface area (Å²) < 4.78 is 11.2. The van der Waals surface area contributed by atoms with Crippen LogP contribution in [0.2, 0.25) is 0 Å². The van der Waals surface area contributed by atoms with Crippen molar-refractivity contribution in [3.05, 3.63) is 34.4 Å². The van der Waals surface area contributed by atoms with Gasteiger partial charge in [-0.15, -0.1) is 0 Å². The van der Waals surface area contributed by atoms with E-state index >= 15 is 0 Å². The second kappa shape index (κ2) is 8.13. The molecule has 0 bridgehead atoms. The van der Waals surface area contributed by atoms with E-state index in [1.807, 2.05) is 0 Å². The predicted molar refractivity (Wildman–Crippen MR) is 109 cm³/mol. The summed E-state index contributed by atoms with van der Waals surface area (Å²) in [5.41, 5.74) is 5.54. The van der Waals surface area contributed by atoms with Crippen molar-refractivity contribution < 1.29 is 14.3 Å². The molecule has 0 saturated carbocycles. The van der Waals surface area contributed by atoms with Gasteiger partial charge in [0.15, 0.2) is 0 Å². The fourth-order valence-corrected chi connectivity index (χ4v) is 4.63. The second-order valence-electron chi connectivity index (χ2n) is 9.43. The first-order valence-electron chi connectivity index (χ1n) is 10.8. The third kappa shape index (κ3) is 4.12. The average Bonchev–Trinajstić information content (AvgIpc) is 2.72. The lowest BCUT2D eigenvalue weighted by molar-refractivity contribution is -0.139. The van der Waals surface area contributed by atoms with Crippen LogP contribution in [0.1, 0.15) is 61.9 Å². The Morgan fingerprint density at radius 2 is 1.93 bits per heavy atom. The van der Waals surface area contributed by atoms with Crippen molar-refractivity contribution >= 4 is 5.91 Å². The molecule has 3 aliphatic rings. The molecule has 5 nitrogen and oxygen atoms in total. The lowest BCUT2D eigenvalue weighted by Gasteiger charge is -2.37. The number of rotatable bonds is 2. The van der Waals surface area contributed by atoms with Gasteiger partial charge in [0.25, 0.3) is 0 Å². The molecule has 0 aliphatic carbocycles. The third-order valence-electron chi connectivity index (χ3n) is 6.42. The molecule has 4 rings (SSSR count). The number of carbonyl (C=O) groups excluding carboxylic acids is 1. The number of ether oxygens (including phenoxy) is 2. The maximum absolute atomic E-state index is 13.1. The van der Waals surface area contributed by atoms with E-state index in [1.165, 1.54) is 22.3 Å². The Morgan fingerprint density at radius 3 is 2.61 bits per heavy atom. The standard InChI is InChI=1S/C23H34N2O3/c1-23(2,3)18-12-17-14-25(22(26)16-5-9-27-10-6-16)8-4-19(17)20(13-18)21-15-28-11-7-24-21/h12-13,16,21,24H,4-11,14-15H2,1-3H3/t21-/m0/s1. The molecule has 0 unspecified atom stereocenters. The van der Waals surface area contributed by atoms with Crippen molar-refractivity contribution in [2.24, 2.45) is 5.92 Å². The summed E-state index contributed by atoms with van der Waals surface area (Å²) in [7, 11) is 0. The molecule has 0 aromatic heterocycles. The first-order valence-corrected chi connectivity index (χ1v) is 10.8. The molecule has 1 aromatic carbocycles. The topological polar surface area (TPSA) is 50.8 Å². The van der Waals surface area contributed by atoms with Crippen molar-refractivity contribution in [3.8, 4) is 0 Å². The first kappa shape index (κ1) is 19.9. The number of hydrogen-bond acceptors (Lipinski definition) is 4. The van der Waals surface area contributed by atoms with Crippen molar-refractivity contribution in [1.29, 1.82) is 0 Å². The normalized spacial score (nSPS) is 24.1. The Morgan fingerprint density at radius 1 is 1.14 bits per heavy atom. The SMILES string of the molecule is CC(C)(C)c1cc2c(c([C@@H]3COCCN3)c1)CCN(C(=O)C1CCOCC1)C2. The van der Waals surface area contributed by atoms with E-state index in [1.54, 1.807) is 0 Å². The van der Waals surface area contributed by atoms with E-state index in [4.69, 9.17) is 9.47 Å². The number of amides is 1. The largest absolute Gasteiger partial charge is 0.381 e. The van der Waals surface area contributed by atoms with Gasteiger partial charge >= 0.3 is 0 Å². The lowest BCUT2D eigenvalue weighted by Crippen LogP contribution is -2.42. The Hall–Kier alpha value is -1.43. The monoisotopic (exact) mass is 386 g/mol. The van der Waals surface area contributed by atoms with E-state index in [0.29, 0.717) is 19.1 Å². The summed E-state index contributed by atoms with van der Waals surface area (Å²) in [5, 5.41) is 3.63. The fraction of sp³-hybridized carbons (Fsp3) is 0.696. The maximum Gasteiger partial charge on any atom is 0.226 e. The highest BCUT2D eigenvalue weighted by Gasteiger charge is 2.32. The van der Waals surface area contributed by atoms with Crippen LogP contribution in [0.25, 0.3) is 0 Å². The van der Waals surface area contributed by atoms with E-state index in [-0.39, 0.29) is 17.4 Å². The number of carbonyl (C=O) groups is 1. The molecule has 2 fully saturated rings. The van der Waals surface area contributed by atoms with Crippen molar-refractivity contribution in [3.63, 3.8) is 0 Å². The van der Waals surface area contributed by atoms with E-state index in [2.05, 4.69) is 43.1 Å². The molecule has 1 N–H and O–H groups in total. The maximum atomic E-state index is 13.1. The lowest BCUT2D eigenvalue weighted by atomic mass is 9.80. The highest BCUT2D eigenvalue weighted by Crippen LogP contribution is 2.34. The highest BCUT2D eigenvalue weighted by atomic mass is 16.5. The molecule has 0 spiro atoms. The Kier molecular flexibility index (Phi) is 5.77. The van der Waals surface area contributed by atoms with E-state index < -0.39 is 0 Å².